The number of primary amides is 1. The summed E-state index contributed by atoms with van der Waals surface area (Å²) in [5, 5.41) is 6.31. The second kappa shape index (κ2) is 8.67. The van der Waals surface area contributed by atoms with Crippen LogP contribution in [-0.4, -0.2) is 18.4 Å². The highest BCUT2D eigenvalue weighted by molar-refractivity contribution is 5.92. The number of carbonyl (C=O) groups excluding carboxylic acids is 1. The van der Waals surface area contributed by atoms with Crippen molar-refractivity contribution in [3.63, 3.8) is 0 Å². The van der Waals surface area contributed by atoms with Crippen molar-refractivity contribution in [2.45, 2.75) is 20.0 Å². The van der Waals surface area contributed by atoms with Gasteiger partial charge in [0.15, 0.2) is 5.96 Å². The molecule has 0 saturated heterocycles. The van der Waals surface area contributed by atoms with E-state index in [-0.39, 0.29) is 5.82 Å². The summed E-state index contributed by atoms with van der Waals surface area (Å²) in [6.45, 7) is 3.54. The van der Waals surface area contributed by atoms with E-state index in [1.807, 2.05) is 19.1 Å². The minimum atomic E-state index is -0.455. The van der Waals surface area contributed by atoms with E-state index in [9.17, 15) is 9.18 Å². The van der Waals surface area contributed by atoms with Gasteiger partial charge in [0.2, 0.25) is 5.91 Å². The largest absolute Gasteiger partial charge is 0.366 e. The Morgan fingerprint density at radius 3 is 2.58 bits per heavy atom. The molecule has 0 saturated carbocycles. The van der Waals surface area contributed by atoms with Crippen LogP contribution in [0.4, 0.5) is 4.39 Å². The Hall–Kier alpha value is -2.89. The van der Waals surface area contributed by atoms with Gasteiger partial charge in [-0.2, -0.15) is 0 Å². The van der Waals surface area contributed by atoms with Gasteiger partial charge in [-0.05, 0) is 42.3 Å². The molecule has 126 valence electrons. The third-order valence-corrected chi connectivity index (χ3v) is 3.32. The van der Waals surface area contributed by atoms with Gasteiger partial charge in [0.05, 0.1) is 6.54 Å². The van der Waals surface area contributed by atoms with E-state index in [0.29, 0.717) is 31.2 Å². The smallest absolute Gasteiger partial charge is 0.248 e. The van der Waals surface area contributed by atoms with Crippen LogP contribution in [0, 0.1) is 5.82 Å². The van der Waals surface area contributed by atoms with Gasteiger partial charge in [0, 0.05) is 18.7 Å². The standard InChI is InChI=1S/C18H21FN4O/c1-2-21-18(23-12-14-6-4-8-16(19)10-14)22-11-13-5-3-7-15(9-13)17(20)24/h3-10H,2,11-12H2,1H3,(H2,20,24)(H2,21,22,23). The zero-order valence-electron chi connectivity index (χ0n) is 13.6. The summed E-state index contributed by atoms with van der Waals surface area (Å²) in [5.74, 6) is -0.112. The number of carbonyl (C=O) groups is 1. The number of nitrogens with zero attached hydrogens (tertiary/aromatic N) is 1. The zero-order valence-corrected chi connectivity index (χ0v) is 13.6. The lowest BCUT2D eigenvalue weighted by molar-refractivity contribution is 0.1000. The molecule has 0 aliphatic rings. The molecule has 0 radical (unpaired) electrons. The molecule has 0 aromatic heterocycles. The molecule has 1 amide bonds. The number of nitrogens with one attached hydrogen (secondary N) is 2. The SMILES string of the molecule is CCNC(=NCc1cccc(F)c1)NCc1cccc(C(N)=O)c1. The molecular weight excluding hydrogens is 307 g/mol. The number of benzene rings is 2. The number of halogens is 1. The Balaban J connectivity index is 2.01. The summed E-state index contributed by atoms with van der Waals surface area (Å²) in [5.41, 5.74) is 7.47. The fraction of sp³-hybridized carbons (Fsp3) is 0.222. The number of hydrogen-bond donors (Lipinski definition) is 3. The van der Waals surface area contributed by atoms with Crippen LogP contribution in [0.15, 0.2) is 53.5 Å². The molecule has 0 atom stereocenters. The molecule has 0 heterocycles. The molecule has 2 aromatic carbocycles. The number of amides is 1. The van der Waals surface area contributed by atoms with E-state index in [1.54, 1.807) is 24.3 Å². The molecule has 2 aromatic rings. The van der Waals surface area contributed by atoms with Gasteiger partial charge >= 0.3 is 0 Å². The molecule has 0 fully saturated rings. The monoisotopic (exact) mass is 328 g/mol. The average molecular weight is 328 g/mol. The molecule has 0 aliphatic carbocycles. The minimum Gasteiger partial charge on any atom is -0.366 e. The van der Waals surface area contributed by atoms with Gasteiger partial charge in [-0.3, -0.25) is 4.79 Å². The van der Waals surface area contributed by atoms with Gasteiger partial charge in [0.1, 0.15) is 5.82 Å². The lowest BCUT2D eigenvalue weighted by Crippen LogP contribution is -2.36. The van der Waals surface area contributed by atoms with Crippen LogP contribution in [-0.2, 0) is 13.1 Å². The van der Waals surface area contributed by atoms with Gasteiger partial charge in [-0.15, -0.1) is 0 Å². The maximum absolute atomic E-state index is 13.2. The number of aliphatic imine (C=N–C) groups is 1. The van der Waals surface area contributed by atoms with Crippen molar-refractivity contribution < 1.29 is 9.18 Å². The third-order valence-electron chi connectivity index (χ3n) is 3.32. The van der Waals surface area contributed by atoms with Gasteiger partial charge in [-0.25, -0.2) is 9.38 Å². The predicted molar refractivity (Wildman–Crippen MR) is 93.0 cm³/mol. The van der Waals surface area contributed by atoms with Gasteiger partial charge in [-0.1, -0.05) is 24.3 Å². The van der Waals surface area contributed by atoms with Crippen LogP contribution >= 0.6 is 0 Å². The lowest BCUT2D eigenvalue weighted by Gasteiger charge is -2.12. The van der Waals surface area contributed by atoms with E-state index in [1.165, 1.54) is 12.1 Å². The van der Waals surface area contributed by atoms with Crippen LogP contribution < -0.4 is 16.4 Å². The second-order valence-corrected chi connectivity index (χ2v) is 5.24. The fourth-order valence-corrected chi connectivity index (χ4v) is 2.17. The van der Waals surface area contributed by atoms with Gasteiger partial charge < -0.3 is 16.4 Å². The first-order chi connectivity index (χ1) is 11.6. The first-order valence-electron chi connectivity index (χ1n) is 7.74. The van der Waals surface area contributed by atoms with E-state index < -0.39 is 5.91 Å². The Labute approximate surface area is 140 Å². The van der Waals surface area contributed by atoms with Crippen LogP contribution in [0.5, 0.6) is 0 Å². The van der Waals surface area contributed by atoms with Crippen molar-refractivity contribution in [3.05, 3.63) is 71.0 Å². The second-order valence-electron chi connectivity index (χ2n) is 5.24. The van der Waals surface area contributed by atoms with Crippen molar-refractivity contribution in [1.29, 1.82) is 0 Å². The third kappa shape index (κ3) is 5.39. The van der Waals surface area contributed by atoms with Crippen molar-refractivity contribution in [2.75, 3.05) is 6.54 Å². The molecule has 6 heteroatoms. The fourth-order valence-electron chi connectivity index (χ4n) is 2.17. The van der Waals surface area contributed by atoms with Crippen LogP contribution in [0.1, 0.15) is 28.4 Å². The summed E-state index contributed by atoms with van der Waals surface area (Å²) < 4.78 is 13.2. The molecular formula is C18H21FN4O. The zero-order chi connectivity index (χ0) is 17.4. The lowest BCUT2D eigenvalue weighted by atomic mass is 10.1. The van der Waals surface area contributed by atoms with Crippen molar-refractivity contribution in [3.8, 4) is 0 Å². The Kier molecular flexibility index (Phi) is 6.31. The van der Waals surface area contributed by atoms with Crippen LogP contribution in [0.2, 0.25) is 0 Å². The van der Waals surface area contributed by atoms with Gasteiger partial charge in [0.25, 0.3) is 0 Å². The first-order valence-corrected chi connectivity index (χ1v) is 7.74. The predicted octanol–water partition coefficient (Wildman–Crippen LogP) is 2.18. The molecule has 0 unspecified atom stereocenters. The number of hydrogen-bond acceptors (Lipinski definition) is 2. The first kappa shape index (κ1) is 17.5. The van der Waals surface area contributed by atoms with E-state index in [2.05, 4.69) is 15.6 Å². The number of guanidine groups is 1. The maximum Gasteiger partial charge on any atom is 0.248 e. The quantitative estimate of drug-likeness (QED) is 0.562. The molecule has 0 spiro atoms. The maximum atomic E-state index is 13.2. The van der Waals surface area contributed by atoms with Crippen molar-refractivity contribution in [1.82, 2.24) is 10.6 Å². The summed E-state index contributed by atoms with van der Waals surface area (Å²) in [6.07, 6.45) is 0. The molecule has 5 nitrogen and oxygen atoms in total. The number of rotatable bonds is 6. The van der Waals surface area contributed by atoms with E-state index in [0.717, 1.165) is 11.1 Å². The van der Waals surface area contributed by atoms with Crippen LogP contribution in [0.25, 0.3) is 0 Å². The topological polar surface area (TPSA) is 79.5 Å². The summed E-state index contributed by atoms with van der Waals surface area (Å²) in [7, 11) is 0. The van der Waals surface area contributed by atoms with E-state index >= 15 is 0 Å². The Morgan fingerprint density at radius 1 is 1.12 bits per heavy atom. The normalized spacial score (nSPS) is 11.2. The summed E-state index contributed by atoms with van der Waals surface area (Å²) in [4.78, 5) is 15.6. The highest BCUT2D eigenvalue weighted by Gasteiger charge is 2.03. The molecule has 2 rings (SSSR count). The summed E-state index contributed by atoms with van der Waals surface area (Å²) in [6, 6.07) is 13.5. The molecule has 24 heavy (non-hydrogen) atoms. The van der Waals surface area contributed by atoms with Crippen molar-refractivity contribution >= 4 is 11.9 Å². The minimum absolute atomic E-state index is 0.274. The van der Waals surface area contributed by atoms with E-state index in [4.69, 9.17) is 5.73 Å². The molecule has 4 N–H and O–H groups in total. The van der Waals surface area contributed by atoms with Crippen molar-refractivity contribution in [2.24, 2.45) is 10.7 Å². The highest BCUT2D eigenvalue weighted by Crippen LogP contribution is 2.06. The molecule has 0 bridgehead atoms. The van der Waals surface area contributed by atoms with Crippen LogP contribution in [0.3, 0.4) is 0 Å². The Morgan fingerprint density at radius 2 is 1.88 bits per heavy atom. The summed E-state index contributed by atoms with van der Waals surface area (Å²) >= 11 is 0. The number of nitrogens with two attached hydrogens (primary N) is 1. The Bertz CT molecular complexity index is 730. The molecule has 0 aliphatic heterocycles. The highest BCUT2D eigenvalue weighted by atomic mass is 19.1. The average Bonchev–Trinajstić information content (AvgIpc) is 2.57.